The van der Waals surface area contributed by atoms with Gasteiger partial charge in [-0.25, -0.2) is 4.39 Å². The number of hydrogen-bond donors (Lipinski definition) is 0. The van der Waals surface area contributed by atoms with Crippen LogP contribution in [-0.2, 0) is 38.8 Å². The summed E-state index contributed by atoms with van der Waals surface area (Å²) in [6, 6.07) is 29.4. The van der Waals surface area contributed by atoms with Crippen molar-refractivity contribution < 1.29 is 23.3 Å². The lowest BCUT2D eigenvalue weighted by molar-refractivity contribution is -0.288. The second-order valence-electron chi connectivity index (χ2n) is 7.98. The molecule has 0 aromatic heterocycles. The number of hydrogen-bond acceptors (Lipinski definition) is 4. The van der Waals surface area contributed by atoms with Crippen LogP contribution in [-0.4, -0.2) is 30.8 Å². The van der Waals surface area contributed by atoms with E-state index in [4.69, 9.17) is 18.9 Å². The molecule has 0 aliphatic carbocycles. The topological polar surface area (TPSA) is 36.9 Å². The van der Waals surface area contributed by atoms with Crippen LogP contribution in [0.3, 0.4) is 0 Å². The summed E-state index contributed by atoms with van der Waals surface area (Å²) in [6.07, 6.45) is -4.10. The van der Waals surface area contributed by atoms with E-state index in [0.717, 1.165) is 16.7 Å². The van der Waals surface area contributed by atoms with Gasteiger partial charge in [0.05, 0.1) is 25.9 Å². The van der Waals surface area contributed by atoms with Crippen LogP contribution in [0.4, 0.5) is 4.39 Å². The lowest BCUT2D eigenvalue weighted by atomic mass is 9.99. The highest BCUT2D eigenvalue weighted by Crippen LogP contribution is 2.30. The summed E-state index contributed by atoms with van der Waals surface area (Å²) < 4.78 is 39.1. The smallest absolute Gasteiger partial charge is 0.228 e. The van der Waals surface area contributed by atoms with Crippen LogP contribution < -0.4 is 0 Å². The zero-order chi connectivity index (χ0) is 22.2. The first-order chi connectivity index (χ1) is 15.7. The fraction of sp³-hybridized carbons (Fsp3) is 0.333. The highest BCUT2D eigenvalue weighted by molar-refractivity contribution is 5.15. The third-order valence-corrected chi connectivity index (χ3v) is 5.57. The lowest BCUT2D eigenvalue weighted by Crippen LogP contribution is -2.58. The predicted octanol–water partition coefficient (Wildman–Crippen LogP) is 5.46. The largest absolute Gasteiger partial charge is 0.368 e. The van der Waals surface area contributed by atoms with Gasteiger partial charge in [-0.05, 0) is 23.6 Å². The summed E-state index contributed by atoms with van der Waals surface area (Å²) in [5.74, 6) is 0. The third kappa shape index (κ3) is 6.02. The summed E-state index contributed by atoms with van der Waals surface area (Å²) >= 11 is 0. The summed E-state index contributed by atoms with van der Waals surface area (Å²) in [5, 5.41) is 0. The van der Waals surface area contributed by atoms with E-state index in [-0.39, 0.29) is 6.61 Å². The monoisotopic (exact) mass is 436 g/mol. The Balaban J connectivity index is 1.50. The number of halogens is 1. The Bertz CT molecular complexity index is 867. The van der Waals surface area contributed by atoms with Crippen molar-refractivity contribution in [1.29, 1.82) is 0 Å². The molecule has 5 heteroatoms. The molecule has 1 heterocycles. The molecule has 0 N–H and O–H groups in total. The van der Waals surface area contributed by atoms with Gasteiger partial charge in [0.1, 0.15) is 18.3 Å². The maximum atomic E-state index is 15.0. The Kier molecular flexibility index (Phi) is 8.02. The molecule has 5 atom stereocenters. The van der Waals surface area contributed by atoms with Gasteiger partial charge >= 0.3 is 0 Å². The number of alkyl halides is 1. The van der Waals surface area contributed by atoms with Gasteiger partial charge in [-0.3, -0.25) is 0 Å². The summed E-state index contributed by atoms with van der Waals surface area (Å²) in [6.45, 7) is 2.79. The molecule has 0 radical (unpaired) electrons. The maximum absolute atomic E-state index is 15.0. The van der Waals surface area contributed by atoms with Crippen LogP contribution in [0.2, 0.25) is 0 Å². The van der Waals surface area contributed by atoms with Crippen LogP contribution in [0.25, 0.3) is 0 Å². The number of ether oxygens (including phenoxy) is 4. The van der Waals surface area contributed by atoms with Crippen molar-refractivity contribution in [3.8, 4) is 0 Å². The zero-order valence-corrected chi connectivity index (χ0v) is 18.2. The molecule has 1 aliphatic heterocycles. The molecule has 4 rings (SSSR count). The van der Waals surface area contributed by atoms with E-state index in [1.165, 1.54) is 0 Å². The van der Waals surface area contributed by atoms with Gasteiger partial charge < -0.3 is 18.9 Å². The maximum Gasteiger partial charge on any atom is 0.228 e. The highest BCUT2D eigenvalue weighted by Gasteiger charge is 2.47. The fourth-order valence-electron chi connectivity index (χ4n) is 3.85. The van der Waals surface area contributed by atoms with Crippen molar-refractivity contribution in [2.75, 3.05) is 0 Å². The molecule has 2 unspecified atom stereocenters. The van der Waals surface area contributed by atoms with E-state index in [2.05, 4.69) is 0 Å². The molecule has 0 bridgehead atoms. The molecule has 1 saturated heterocycles. The van der Waals surface area contributed by atoms with E-state index in [9.17, 15) is 0 Å². The molecule has 1 fully saturated rings. The second kappa shape index (κ2) is 11.3. The minimum Gasteiger partial charge on any atom is -0.368 e. The Morgan fingerprint density at radius 1 is 0.594 bits per heavy atom. The highest BCUT2D eigenvalue weighted by atomic mass is 19.1. The number of benzene rings is 3. The van der Waals surface area contributed by atoms with Crippen LogP contribution in [0.15, 0.2) is 91.0 Å². The van der Waals surface area contributed by atoms with Crippen LogP contribution >= 0.6 is 0 Å². The third-order valence-electron chi connectivity index (χ3n) is 5.57. The Morgan fingerprint density at radius 2 is 0.969 bits per heavy atom. The lowest BCUT2D eigenvalue weighted by Gasteiger charge is -2.42. The normalized spacial score (nSPS) is 25.5. The average Bonchev–Trinajstić information content (AvgIpc) is 2.83. The van der Waals surface area contributed by atoms with E-state index < -0.39 is 30.8 Å². The van der Waals surface area contributed by atoms with Gasteiger partial charge in [-0.2, -0.15) is 0 Å². The molecule has 168 valence electrons. The summed E-state index contributed by atoms with van der Waals surface area (Å²) in [5.41, 5.74) is 3.00. The van der Waals surface area contributed by atoms with Crippen LogP contribution in [0, 0.1) is 0 Å². The average molecular weight is 437 g/mol. The zero-order valence-electron chi connectivity index (χ0n) is 18.2. The van der Waals surface area contributed by atoms with E-state index in [1.807, 2.05) is 97.9 Å². The van der Waals surface area contributed by atoms with Crippen molar-refractivity contribution in [3.05, 3.63) is 108 Å². The van der Waals surface area contributed by atoms with Gasteiger partial charge in [-0.15, -0.1) is 0 Å². The molecule has 3 aromatic rings. The van der Waals surface area contributed by atoms with Crippen molar-refractivity contribution >= 4 is 0 Å². The van der Waals surface area contributed by atoms with Gasteiger partial charge in [0.25, 0.3) is 0 Å². The van der Waals surface area contributed by atoms with Crippen molar-refractivity contribution in [2.45, 2.75) is 57.5 Å². The first-order valence-corrected chi connectivity index (χ1v) is 11.0. The van der Waals surface area contributed by atoms with E-state index in [1.54, 1.807) is 0 Å². The van der Waals surface area contributed by atoms with Gasteiger partial charge in [0, 0.05) is 0 Å². The Hall–Kier alpha value is -2.57. The van der Waals surface area contributed by atoms with Gasteiger partial charge in [-0.1, -0.05) is 91.0 Å². The second-order valence-corrected chi connectivity index (χ2v) is 7.98. The van der Waals surface area contributed by atoms with Gasteiger partial charge in [0.15, 0.2) is 0 Å². The van der Waals surface area contributed by atoms with E-state index >= 15 is 4.39 Å². The van der Waals surface area contributed by atoms with Crippen LogP contribution in [0.1, 0.15) is 23.6 Å². The molecule has 0 amide bonds. The van der Waals surface area contributed by atoms with Crippen molar-refractivity contribution in [1.82, 2.24) is 0 Å². The molecule has 0 saturated carbocycles. The van der Waals surface area contributed by atoms with Crippen molar-refractivity contribution in [2.24, 2.45) is 0 Å². The van der Waals surface area contributed by atoms with E-state index in [0.29, 0.717) is 13.2 Å². The number of rotatable bonds is 9. The molecule has 0 spiro atoms. The first kappa shape index (κ1) is 22.6. The minimum atomic E-state index is -1.61. The first-order valence-electron chi connectivity index (χ1n) is 11.0. The Labute approximate surface area is 188 Å². The standard InChI is InChI=1S/C27H29FO4/c1-20-24(29-17-21-11-5-2-6-12-21)25(30-18-22-13-7-3-8-14-22)26(27(28)32-20)31-19-23-15-9-4-10-16-23/h2-16,20,24-27H,17-19H2,1H3/t20?,24-,25-,26?,27-/m0/s1. The fourth-order valence-corrected chi connectivity index (χ4v) is 3.85. The predicted molar refractivity (Wildman–Crippen MR) is 121 cm³/mol. The molecule has 1 aliphatic rings. The quantitative estimate of drug-likeness (QED) is 0.447. The van der Waals surface area contributed by atoms with Crippen LogP contribution in [0.5, 0.6) is 0 Å². The summed E-state index contributed by atoms with van der Waals surface area (Å²) in [4.78, 5) is 0. The SMILES string of the molecule is CC1O[C@H](F)C(OCc2ccccc2)[C@@H](OCc2ccccc2)[C@H]1OCc1ccccc1. The summed E-state index contributed by atoms with van der Waals surface area (Å²) in [7, 11) is 0. The van der Waals surface area contributed by atoms with Crippen molar-refractivity contribution in [3.63, 3.8) is 0 Å². The molecular weight excluding hydrogens is 407 g/mol. The molecule has 32 heavy (non-hydrogen) atoms. The molecule has 3 aromatic carbocycles. The Morgan fingerprint density at radius 3 is 1.41 bits per heavy atom. The minimum absolute atomic E-state index is 0.264. The van der Waals surface area contributed by atoms with Gasteiger partial charge in [0.2, 0.25) is 6.36 Å². The molecular formula is C27H29FO4. The molecule has 4 nitrogen and oxygen atoms in total.